The Balaban J connectivity index is 2.55. The van der Waals surface area contributed by atoms with E-state index in [1.54, 1.807) is 4.90 Å². The average Bonchev–Trinajstić information content (AvgIpc) is 2.17. The van der Waals surface area contributed by atoms with Crippen molar-refractivity contribution < 1.29 is 18.0 Å². The SMILES string of the molecule is CC(=O)N1CCN(C(CN)C(F)(F)F)CC1. The molecule has 0 aromatic rings. The minimum atomic E-state index is -4.30. The molecule has 4 nitrogen and oxygen atoms in total. The molecule has 1 heterocycles. The van der Waals surface area contributed by atoms with Crippen LogP contribution in [0, 0.1) is 0 Å². The second-order valence-electron chi connectivity index (χ2n) is 3.84. The quantitative estimate of drug-likeness (QED) is 0.740. The largest absolute Gasteiger partial charge is 0.405 e. The van der Waals surface area contributed by atoms with Crippen LogP contribution in [0.3, 0.4) is 0 Å². The Morgan fingerprint density at radius 1 is 1.31 bits per heavy atom. The van der Waals surface area contributed by atoms with Crippen molar-refractivity contribution in [3.8, 4) is 0 Å². The van der Waals surface area contributed by atoms with E-state index in [4.69, 9.17) is 5.73 Å². The highest BCUT2D eigenvalue weighted by Crippen LogP contribution is 2.24. The average molecular weight is 239 g/mol. The molecule has 0 spiro atoms. The summed E-state index contributed by atoms with van der Waals surface area (Å²) >= 11 is 0. The molecule has 0 saturated carbocycles. The molecule has 0 aromatic heterocycles. The molecule has 1 aliphatic heterocycles. The van der Waals surface area contributed by atoms with E-state index < -0.39 is 18.8 Å². The number of carbonyl (C=O) groups excluding carboxylic acids is 1. The maximum atomic E-state index is 12.6. The van der Waals surface area contributed by atoms with E-state index in [0.29, 0.717) is 13.1 Å². The lowest BCUT2D eigenvalue weighted by Crippen LogP contribution is -2.57. The van der Waals surface area contributed by atoms with E-state index in [-0.39, 0.29) is 19.0 Å². The van der Waals surface area contributed by atoms with Gasteiger partial charge in [0.05, 0.1) is 0 Å². The molecular formula is C9H16F3N3O. The monoisotopic (exact) mass is 239 g/mol. The molecule has 0 bridgehead atoms. The fourth-order valence-corrected chi connectivity index (χ4v) is 1.84. The molecule has 16 heavy (non-hydrogen) atoms. The molecule has 1 saturated heterocycles. The van der Waals surface area contributed by atoms with E-state index in [0.717, 1.165) is 0 Å². The first-order valence-electron chi connectivity index (χ1n) is 5.12. The van der Waals surface area contributed by atoms with E-state index in [9.17, 15) is 18.0 Å². The normalized spacial score (nSPS) is 20.9. The number of nitrogens with zero attached hydrogens (tertiary/aromatic N) is 2. The molecule has 1 aliphatic rings. The molecule has 1 unspecified atom stereocenters. The van der Waals surface area contributed by atoms with Gasteiger partial charge in [-0.25, -0.2) is 0 Å². The van der Waals surface area contributed by atoms with Crippen molar-refractivity contribution in [1.82, 2.24) is 9.80 Å². The van der Waals surface area contributed by atoms with E-state index >= 15 is 0 Å². The van der Waals surface area contributed by atoms with Gasteiger partial charge in [-0.05, 0) is 0 Å². The second-order valence-corrected chi connectivity index (χ2v) is 3.84. The first kappa shape index (κ1) is 13.2. The van der Waals surface area contributed by atoms with Crippen LogP contribution in [0.1, 0.15) is 6.92 Å². The summed E-state index contributed by atoms with van der Waals surface area (Å²) < 4.78 is 37.7. The lowest BCUT2D eigenvalue weighted by atomic mass is 10.2. The Morgan fingerprint density at radius 2 is 1.81 bits per heavy atom. The van der Waals surface area contributed by atoms with E-state index in [1.807, 2.05) is 0 Å². The summed E-state index contributed by atoms with van der Waals surface area (Å²) in [6.07, 6.45) is -4.30. The zero-order valence-electron chi connectivity index (χ0n) is 9.13. The Bertz CT molecular complexity index is 249. The summed E-state index contributed by atoms with van der Waals surface area (Å²) in [5.74, 6) is -0.101. The number of hydrogen-bond acceptors (Lipinski definition) is 3. The summed E-state index contributed by atoms with van der Waals surface area (Å²) in [5, 5.41) is 0. The maximum Gasteiger partial charge on any atom is 0.405 e. The van der Waals surface area contributed by atoms with Crippen molar-refractivity contribution >= 4 is 5.91 Å². The molecule has 0 aromatic carbocycles. The fourth-order valence-electron chi connectivity index (χ4n) is 1.84. The van der Waals surface area contributed by atoms with Crippen LogP contribution in [0.2, 0.25) is 0 Å². The number of amides is 1. The molecule has 94 valence electrons. The topological polar surface area (TPSA) is 49.6 Å². The Hall–Kier alpha value is -0.820. The summed E-state index contributed by atoms with van der Waals surface area (Å²) in [7, 11) is 0. The highest BCUT2D eigenvalue weighted by Gasteiger charge is 2.43. The lowest BCUT2D eigenvalue weighted by molar-refractivity contribution is -0.185. The lowest BCUT2D eigenvalue weighted by Gasteiger charge is -2.39. The van der Waals surface area contributed by atoms with Gasteiger partial charge in [0, 0.05) is 39.6 Å². The van der Waals surface area contributed by atoms with Crippen LogP contribution in [0.4, 0.5) is 13.2 Å². The smallest absolute Gasteiger partial charge is 0.340 e. The number of hydrogen-bond donors (Lipinski definition) is 1. The highest BCUT2D eigenvalue weighted by molar-refractivity contribution is 5.73. The molecule has 7 heteroatoms. The van der Waals surface area contributed by atoms with Gasteiger partial charge >= 0.3 is 6.18 Å². The molecule has 1 atom stereocenters. The summed E-state index contributed by atoms with van der Waals surface area (Å²) in [6.45, 7) is 2.09. The predicted molar refractivity (Wildman–Crippen MR) is 52.7 cm³/mol. The van der Waals surface area contributed by atoms with Crippen molar-refractivity contribution in [2.75, 3.05) is 32.7 Å². The van der Waals surface area contributed by atoms with Gasteiger partial charge in [0.2, 0.25) is 5.91 Å². The first-order valence-corrected chi connectivity index (χ1v) is 5.12. The van der Waals surface area contributed by atoms with Crippen molar-refractivity contribution in [2.45, 2.75) is 19.1 Å². The van der Waals surface area contributed by atoms with Crippen molar-refractivity contribution in [3.63, 3.8) is 0 Å². The number of rotatable bonds is 2. The molecule has 1 fully saturated rings. The van der Waals surface area contributed by atoms with Gasteiger partial charge in [0.15, 0.2) is 0 Å². The van der Waals surface area contributed by atoms with Crippen molar-refractivity contribution in [3.05, 3.63) is 0 Å². The first-order chi connectivity index (χ1) is 7.36. The van der Waals surface area contributed by atoms with Gasteiger partial charge in [-0.15, -0.1) is 0 Å². The zero-order valence-corrected chi connectivity index (χ0v) is 9.13. The number of nitrogens with two attached hydrogens (primary N) is 1. The zero-order chi connectivity index (χ0) is 12.3. The van der Waals surface area contributed by atoms with Crippen LogP contribution < -0.4 is 5.73 Å². The Labute approximate surface area is 92.2 Å². The molecule has 1 rings (SSSR count). The molecular weight excluding hydrogens is 223 g/mol. The van der Waals surface area contributed by atoms with Crippen LogP contribution in [0.15, 0.2) is 0 Å². The van der Waals surface area contributed by atoms with Crippen LogP contribution >= 0.6 is 0 Å². The minimum absolute atomic E-state index is 0.101. The summed E-state index contributed by atoms with van der Waals surface area (Å²) in [5.41, 5.74) is 5.14. The fraction of sp³-hybridized carbons (Fsp3) is 0.889. The van der Waals surface area contributed by atoms with Gasteiger partial charge in [-0.3, -0.25) is 9.69 Å². The van der Waals surface area contributed by atoms with Crippen LogP contribution in [-0.2, 0) is 4.79 Å². The third-order valence-corrected chi connectivity index (χ3v) is 2.80. The summed E-state index contributed by atoms with van der Waals surface area (Å²) in [6, 6.07) is -1.60. The summed E-state index contributed by atoms with van der Waals surface area (Å²) in [4.78, 5) is 13.8. The van der Waals surface area contributed by atoms with Crippen molar-refractivity contribution in [2.24, 2.45) is 5.73 Å². The number of halogens is 3. The van der Waals surface area contributed by atoms with Gasteiger partial charge in [0.1, 0.15) is 6.04 Å². The molecule has 1 amide bonds. The third-order valence-electron chi connectivity index (χ3n) is 2.80. The molecule has 0 aliphatic carbocycles. The number of piperazine rings is 1. The standard InChI is InChI=1S/C9H16F3N3O/c1-7(16)14-2-4-15(5-3-14)8(6-13)9(10,11)12/h8H,2-6,13H2,1H3. The molecule has 0 radical (unpaired) electrons. The molecule has 2 N–H and O–H groups in total. The Morgan fingerprint density at radius 3 is 2.12 bits per heavy atom. The number of alkyl halides is 3. The van der Waals surface area contributed by atoms with Gasteiger partial charge in [-0.1, -0.05) is 0 Å². The third kappa shape index (κ3) is 3.08. The Kier molecular flexibility index (Phi) is 4.15. The van der Waals surface area contributed by atoms with Crippen LogP contribution in [-0.4, -0.2) is 60.6 Å². The maximum absolute atomic E-state index is 12.6. The van der Waals surface area contributed by atoms with Gasteiger partial charge in [-0.2, -0.15) is 13.2 Å². The highest BCUT2D eigenvalue weighted by atomic mass is 19.4. The predicted octanol–water partition coefficient (Wildman–Crippen LogP) is 0.0401. The van der Waals surface area contributed by atoms with Crippen LogP contribution in [0.25, 0.3) is 0 Å². The van der Waals surface area contributed by atoms with E-state index in [2.05, 4.69) is 0 Å². The second kappa shape index (κ2) is 5.01. The van der Waals surface area contributed by atoms with Gasteiger partial charge in [0.25, 0.3) is 0 Å². The van der Waals surface area contributed by atoms with E-state index in [1.165, 1.54) is 11.8 Å². The minimum Gasteiger partial charge on any atom is -0.340 e. The number of carbonyl (C=O) groups is 1. The van der Waals surface area contributed by atoms with Crippen LogP contribution in [0.5, 0.6) is 0 Å². The van der Waals surface area contributed by atoms with Gasteiger partial charge < -0.3 is 10.6 Å². The van der Waals surface area contributed by atoms with Crippen molar-refractivity contribution in [1.29, 1.82) is 0 Å².